The molecular formula is C52H48O4. The fourth-order valence-electron chi connectivity index (χ4n) is 8.54. The van der Waals surface area contributed by atoms with E-state index in [2.05, 4.69) is 128 Å². The second-order valence-electron chi connectivity index (χ2n) is 17.3. The van der Waals surface area contributed by atoms with Gasteiger partial charge in [0.05, 0.1) is 11.1 Å². The first-order valence-corrected chi connectivity index (χ1v) is 19.4. The molecule has 0 saturated heterocycles. The van der Waals surface area contributed by atoms with Crippen LogP contribution < -0.4 is 9.47 Å². The molecule has 0 aliphatic carbocycles. The molecule has 0 N–H and O–H groups in total. The molecule has 0 radical (unpaired) electrons. The van der Waals surface area contributed by atoms with Gasteiger partial charge in [-0.2, -0.15) is 0 Å². The van der Waals surface area contributed by atoms with Crippen LogP contribution in [0.1, 0.15) is 111 Å². The van der Waals surface area contributed by atoms with E-state index < -0.39 is 33.6 Å². The third kappa shape index (κ3) is 5.91. The third-order valence-electron chi connectivity index (χ3n) is 12.5. The van der Waals surface area contributed by atoms with Crippen LogP contribution in [0.25, 0.3) is 11.1 Å². The Bertz CT molecular complexity index is 2340. The number of esters is 2. The summed E-state index contributed by atoms with van der Waals surface area (Å²) in [6.45, 7) is 17.4. The molecule has 0 aromatic heterocycles. The van der Waals surface area contributed by atoms with Gasteiger partial charge in [-0.05, 0) is 45.5 Å². The number of carbonyl (C=O) groups is 2. The standard InChI is InChI=1S/C52H48O4/c1-49(2,33-21-13-9-14-22-33)37-29-39-43(47(53)55-45(39)41(31-37)51(5,6)35-25-17-11-18-26-35)44-40-30-38(50(3,4)34-23-15-10-16-24-34)32-42(46(40)56-48(44)54)52(7,8)36-27-19-12-20-28-36/h9-32H,1-8H3. The molecule has 0 bridgehead atoms. The van der Waals surface area contributed by atoms with E-state index in [1.807, 2.05) is 72.8 Å². The highest BCUT2D eigenvalue weighted by molar-refractivity contribution is 6.41. The van der Waals surface area contributed by atoms with E-state index in [0.717, 1.165) is 44.5 Å². The minimum atomic E-state index is -0.559. The van der Waals surface area contributed by atoms with Crippen molar-refractivity contribution in [2.24, 2.45) is 0 Å². The minimum absolute atomic E-state index is 0.234. The lowest BCUT2D eigenvalue weighted by Gasteiger charge is -2.32. The van der Waals surface area contributed by atoms with E-state index in [1.54, 1.807) is 0 Å². The largest absolute Gasteiger partial charge is 0.422 e. The number of benzene rings is 6. The highest BCUT2D eigenvalue weighted by Crippen LogP contribution is 2.54. The van der Waals surface area contributed by atoms with Gasteiger partial charge in [0.2, 0.25) is 0 Å². The van der Waals surface area contributed by atoms with Crippen molar-refractivity contribution in [2.75, 3.05) is 0 Å². The molecule has 280 valence electrons. The Kier molecular flexibility index (Phi) is 8.80. The Balaban J connectivity index is 1.43. The smallest absolute Gasteiger partial charge is 0.345 e. The lowest BCUT2D eigenvalue weighted by atomic mass is 9.71. The van der Waals surface area contributed by atoms with Crippen molar-refractivity contribution in [3.8, 4) is 11.5 Å². The highest BCUT2D eigenvalue weighted by atomic mass is 16.5. The summed E-state index contributed by atoms with van der Waals surface area (Å²) in [5.41, 5.74) is 7.87. The van der Waals surface area contributed by atoms with Crippen molar-refractivity contribution in [2.45, 2.75) is 77.0 Å². The predicted molar refractivity (Wildman–Crippen MR) is 225 cm³/mol. The van der Waals surface area contributed by atoms with Crippen LogP contribution in [0.5, 0.6) is 11.5 Å². The first-order chi connectivity index (χ1) is 26.6. The van der Waals surface area contributed by atoms with E-state index in [1.165, 1.54) is 0 Å². The second kappa shape index (κ2) is 13.3. The van der Waals surface area contributed by atoms with Crippen LogP contribution in [0.4, 0.5) is 0 Å². The minimum Gasteiger partial charge on any atom is -0.422 e. The molecule has 8 rings (SSSR count). The van der Waals surface area contributed by atoms with Gasteiger partial charge in [0, 0.05) is 43.9 Å². The molecule has 2 heterocycles. The highest BCUT2D eigenvalue weighted by Gasteiger charge is 2.45. The van der Waals surface area contributed by atoms with E-state index in [9.17, 15) is 9.59 Å². The van der Waals surface area contributed by atoms with Crippen LogP contribution in [-0.4, -0.2) is 11.9 Å². The second-order valence-corrected chi connectivity index (χ2v) is 17.3. The average molecular weight is 737 g/mol. The summed E-state index contributed by atoms with van der Waals surface area (Å²) in [5.74, 6) is -0.163. The molecule has 2 aliphatic heterocycles. The number of hydrogen-bond donors (Lipinski definition) is 0. The summed E-state index contributed by atoms with van der Waals surface area (Å²) in [7, 11) is 0. The molecule has 4 nitrogen and oxygen atoms in total. The van der Waals surface area contributed by atoms with E-state index >= 15 is 0 Å². The maximum atomic E-state index is 14.5. The zero-order chi connectivity index (χ0) is 39.6. The summed E-state index contributed by atoms with van der Waals surface area (Å²) >= 11 is 0. The quantitative estimate of drug-likeness (QED) is 0.0887. The molecule has 0 spiro atoms. The van der Waals surface area contributed by atoms with Crippen molar-refractivity contribution in [1.82, 2.24) is 0 Å². The lowest BCUT2D eigenvalue weighted by molar-refractivity contribution is -0.129. The SMILES string of the molecule is CC(C)(c1ccccc1)c1cc2c(c(C(C)(C)c3ccccc3)c1)OC(=O)C2=C1C(=O)Oc2c1cc(C(C)(C)c1ccccc1)cc2C(C)(C)c1ccccc1. The Labute approximate surface area is 330 Å². The number of ether oxygens (including phenoxy) is 2. The molecule has 0 atom stereocenters. The molecule has 6 aromatic carbocycles. The number of fused-ring (bicyclic) bond motifs is 2. The first-order valence-electron chi connectivity index (χ1n) is 19.4. The van der Waals surface area contributed by atoms with Gasteiger partial charge in [-0.1, -0.05) is 189 Å². The molecule has 2 aliphatic rings. The Morgan fingerprint density at radius 3 is 0.893 bits per heavy atom. The fourth-order valence-corrected chi connectivity index (χ4v) is 8.54. The van der Waals surface area contributed by atoms with Gasteiger partial charge in [0.1, 0.15) is 11.5 Å². The molecular weight excluding hydrogens is 689 g/mol. The van der Waals surface area contributed by atoms with Crippen LogP contribution in [0.2, 0.25) is 0 Å². The molecule has 0 saturated carbocycles. The van der Waals surface area contributed by atoms with Gasteiger partial charge in [-0.15, -0.1) is 0 Å². The summed E-state index contributed by atoms with van der Waals surface area (Å²) in [5, 5.41) is 0. The van der Waals surface area contributed by atoms with Crippen molar-refractivity contribution < 1.29 is 19.1 Å². The van der Waals surface area contributed by atoms with Crippen LogP contribution in [0, 0.1) is 0 Å². The van der Waals surface area contributed by atoms with Crippen LogP contribution in [0.3, 0.4) is 0 Å². The Morgan fingerprint density at radius 1 is 0.339 bits per heavy atom. The number of hydrogen-bond acceptors (Lipinski definition) is 4. The van der Waals surface area contributed by atoms with E-state index in [-0.39, 0.29) is 11.1 Å². The normalized spacial score (nSPS) is 15.6. The van der Waals surface area contributed by atoms with E-state index in [4.69, 9.17) is 9.47 Å². The van der Waals surface area contributed by atoms with Gasteiger partial charge in [-0.3, -0.25) is 0 Å². The zero-order valence-electron chi connectivity index (χ0n) is 33.5. The van der Waals surface area contributed by atoms with Crippen LogP contribution >= 0.6 is 0 Å². The summed E-state index contributed by atoms with van der Waals surface area (Å²) < 4.78 is 12.7. The maximum Gasteiger partial charge on any atom is 0.345 e. The van der Waals surface area contributed by atoms with E-state index in [0.29, 0.717) is 22.6 Å². The summed E-state index contributed by atoms with van der Waals surface area (Å²) in [4.78, 5) is 29.1. The summed E-state index contributed by atoms with van der Waals surface area (Å²) in [6, 6.07) is 49.8. The monoisotopic (exact) mass is 736 g/mol. The molecule has 0 amide bonds. The zero-order valence-corrected chi connectivity index (χ0v) is 33.5. The van der Waals surface area contributed by atoms with Gasteiger partial charge in [0.15, 0.2) is 0 Å². The van der Waals surface area contributed by atoms with Crippen LogP contribution in [0.15, 0.2) is 146 Å². The lowest BCUT2D eigenvalue weighted by Crippen LogP contribution is -2.24. The molecule has 4 heteroatoms. The van der Waals surface area contributed by atoms with Crippen molar-refractivity contribution in [3.05, 3.63) is 201 Å². The predicted octanol–water partition coefficient (Wildman–Crippen LogP) is 11.7. The average Bonchev–Trinajstić information content (AvgIpc) is 3.71. The molecule has 0 fully saturated rings. The Hall–Kier alpha value is -6.00. The number of rotatable bonds is 8. The van der Waals surface area contributed by atoms with Crippen molar-refractivity contribution in [1.29, 1.82) is 0 Å². The molecule has 0 unspecified atom stereocenters. The van der Waals surface area contributed by atoms with Gasteiger partial charge in [-0.25, -0.2) is 9.59 Å². The number of carbonyl (C=O) groups excluding carboxylic acids is 2. The maximum absolute atomic E-state index is 14.5. The van der Waals surface area contributed by atoms with Crippen molar-refractivity contribution >= 4 is 23.1 Å². The molecule has 6 aromatic rings. The van der Waals surface area contributed by atoms with Gasteiger partial charge < -0.3 is 9.47 Å². The van der Waals surface area contributed by atoms with Gasteiger partial charge in [0.25, 0.3) is 0 Å². The van der Waals surface area contributed by atoms with Gasteiger partial charge >= 0.3 is 11.9 Å². The first kappa shape index (κ1) is 36.9. The summed E-state index contributed by atoms with van der Waals surface area (Å²) in [6.07, 6.45) is 0. The topological polar surface area (TPSA) is 52.6 Å². The Morgan fingerprint density at radius 2 is 0.607 bits per heavy atom. The van der Waals surface area contributed by atoms with Crippen LogP contribution in [-0.2, 0) is 31.2 Å². The third-order valence-corrected chi connectivity index (χ3v) is 12.5. The van der Waals surface area contributed by atoms with Crippen molar-refractivity contribution in [3.63, 3.8) is 0 Å². The molecule has 56 heavy (non-hydrogen) atoms. The fraction of sp³-hybridized carbons (Fsp3) is 0.231.